The molecule has 2 rings (SSSR count). The van der Waals surface area contributed by atoms with Crippen LogP contribution in [0.25, 0.3) is 0 Å². The van der Waals surface area contributed by atoms with Crippen molar-refractivity contribution in [2.45, 2.75) is 33.3 Å². The predicted octanol–water partition coefficient (Wildman–Crippen LogP) is 3.68. The topological polar surface area (TPSA) is 131 Å². The summed E-state index contributed by atoms with van der Waals surface area (Å²) < 4.78 is 10.5. The van der Waals surface area contributed by atoms with Gasteiger partial charge in [0.2, 0.25) is 0 Å². The number of aliphatic carboxylic acids is 1. The fourth-order valence-electron chi connectivity index (χ4n) is 3.07. The van der Waals surface area contributed by atoms with E-state index in [-0.39, 0.29) is 16.9 Å². The second-order valence-corrected chi connectivity index (χ2v) is 8.42. The molecule has 172 valence electrons. The summed E-state index contributed by atoms with van der Waals surface area (Å²) in [4.78, 5) is 49.9. The van der Waals surface area contributed by atoms with Crippen LogP contribution >= 0.6 is 0 Å². The minimum atomic E-state index is -1.40. The number of hydrogen-bond acceptors (Lipinski definition) is 7. The quantitative estimate of drug-likeness (QED) is 0.347. The molecule has 0 aromatic heterocycles. The highest BCUT2D eigenvalue weighted by molar-refractivity contribution is 6.13. The number of nitrogens with zero attached hydrogens (tertiary/aromatic N) is 1. The number of Topliss-reactive ketones (excluding diaryl/α,β-unsaturated/α-hetero) is 2. The predicted molar refractivity (Wildman–Crippen MR) is 118 cm³/mol. The fraction of sp³-hybridized carbons (Fsp3) is 0.320. The molecule has 1 N–H and O–H groups in total. The summed E-state index contributed by atoms with van der Waals surface area (Å²) in [6.07, 6.45) is 0. The number of nitriles is 1. The Hall–Kier alpha value is -3.99. The van der Waals surface area contributed by atoms with Gasteiger partial charge in [0.15, 0.2) is 18.2 Å². The van der Waals surface area contributed by atoms with Gasteiger partial charge in [-0.2, -0.15) is 5.26 Å². The summed E-state index contributed by atoms with van der Waals surface area (Å²) in [5.41, 5.74) is -0.102. The second kappa shape index (κ2) is 10.6. The first-order valence-electron chi connectivity index (χ1n) is 10.2. The molecule has 0 aliphatic carbocycles. The smallest absolute Gasteiger partial charge is 0.341 e. The lowest BCUT2D eigenvalue weighted by Gasteiger charge is -2.26. The number of carboxylic acids is 1. The fourth-order valence-corrected chi connectivity index (χ4v) is 3.07. The van der Waals surface area contributed by atoms with Gasteiger partial charge in [-0.1, -0.05) is 19.1 Å². The number of carbonyl (C=O) groups is 4. The molecule has 0 fully saturated rings. The largest absolute Gasteiger partial charge is 0.482 e. The molecule has 2 aromatic rings. The van der Waals surface area contributed by atoms with Crippen molar-refractivity contribution in [3.63, 3.8) is 0 Å². The van der Waals surface area contributed by atoms with Crippen molar-refractivity contribution in [1.29, 1.82) is 5.26 Å². The maximum absolute atomic E-state index is 13.2. The van der Waals surface area contributed by atoms with Crippen molar-refractivity contribution in [3.8, 4) is 11.8 Å². The average Bonchev–Trinajstić information content (AvgIpc) is 2.76. The van der Waals surface area contributed by atoms with Gasteiger partial charge in [0.1, 0.15) is 17.3 Å². The summed E-state index contributed by atoms with van der Waals surface area (Å²) in [7, 11) is 0. The molecule has 0 bridgehead atoms. The van der Waals surface area contributed by atoms with Crippen LogP contribution in [0, 0.1) is 23.2 Å². The van der Waals surface area contributed by atoms with Crippen LogP contribution in [0.5, 0.6) is 5.75 Å². The molecule has 0 saturated carbocycles. The Kier molecular flexibility index (Phi) is 8.08. The summed E-state index contributed by atoms with van der Waals surface area (Å²) in [6, 6.07) is 13.5. The zero-order chi connectivity index (χ0) is 24.8. The van der Waals surface area contributed by atoms with Gasteiger partial charge in [0, 0.05) is 17.0 Å². The van der Waals surface area contributed by atoms with Crippen molar-refractivity contribution < 1.29 is 33.8 Å². The molecule has 33 heavy (non-hydrogen) atoms. The molecule has 0 heterocycles. The van der Waals surface area contributed by atoms with Gasteiger partial charge >= 0.3 is 11.9 Å². The average molecular weight is 451 g/mol. The molecule has 2 unspecified atom stereocenters. The summed E-state index contributed by atoms with van der Waals surface area (Å²) in [5.74, 6) is -5.18. The Labute approximate surface area is 191 Å². The van der Waals surface area contributed by atoms with Gasteiger partial charge in [-0.3, -0.25) is 14.4 Å². The zero-order valence-electron chi connectivity index (χ0n) is 18.8. The standard InChI is InChI=1S/C25H25NO7/c1-15(22(29)17-9-11-19(12-10-17)32-14-20(27)28)21(24(31)33-25(2,3)4)23(30)18-7-5-16(13-26)6-8-18/h5-12,15,21H,14H2,1-4H3,(H,27,28). The Balaban J connectivity index is 2.33. The SMILES string of the molecule is CC(C(=O)c1ccc(OCC(=O)O)cc1)C(C(=O)OC(C)(C)C)C(=O)c1ccc(C#N)cc1. The Morgan fingerprint density at radius 3 is 1.94 bits per heavy atom. The highest BCUT2D eigenvalue weighted by atomic mass is 16.6. The first-order valence-corrected chi connectivity index (χ1v) is 10.2. The van der Waals surface area contributed by atoms with Gasteiger partial charge in [0.25, 0.3) is 0 Å². The molecule has 2 atom stereocenters. The number of carbonyl (C=O) groups excluding carboxylic acids is 3. The zero-order valence-corrected chi connectivity index (χ0v) is 18.8. The lowest BCUT2D eigenvalue weighted by Crippen LogP contribution is -2.39. The Bertz CT molecular complexity index is 1070. The summed E-state index contributed by atoms with van der Waals surface area (Å²) in [5, 5.41) is 17.7. The van der Waals surface area contributed by atoms with Crippen molar-refractivity contribution in [2.24, 2.45) is 11.8 Å². The van der Waals surface area contributed by atoms with Gasteiger partial charge in [-0.15, -0.1) is 0 Å². The highest BCUT2D eigenvalue weighted by Crippen LogP contribution is 2.26. The molecule has 8 nitrogen and oxygen atoms in total. The second-order valence-electron chi connectivity index (χ2n) is 8.42. The number of benzene rings is 2. The number of ketones is 2. The molecule has 0 aliphatic rings. The van der Waals surface area contributed by atoms with Crippen LogP contribution in [-0.2, 0) is 14.3 Å². The van der Waals surface area contributed by atoms with Gasteiger partial charge in [-0.25, -0.2) is 4.79 Å². The number of rotatable bonds is 9. The van der Waals surface area contributed by atoms with E-state index in [4.69, 9.17) is 19.8 Å². The first kappa shape index (κ1) is 25.3. The van der Waals surface area contributed by atoms with Crippen LogP contribution in [0.1, 0.15) is 54.0 Å². The highest BCUT2D eigenvalue weighted by Gasteiger charge is 2.39. The summed E-state index contributed by atoms with van der Waals surface area (Å²) in [6.45, 7) is 5.94. The van der Waals surface area contributed by atoms with E-state index in [0.29, 0.717) is 5.56 Å². The molecule has 0 aliphatic heterocycles. The molecule has 0 saturated heterocycles. The van der Waals surface area contributed by atoms with Crippen LogP contribution in [0.15, 0.2) is 48.5 Å². The maximum atomic E-state index is 13.2. The van der Waals surface area contributed by atoms with E-state index in [1.807, 2.05) is 6.07 Å². The third kappa shape index (κ3) is 7.01. The third-order valence-electron chi connectivity index (χ3n) is 4.66. The lowest BCUT2D eigenvalue weighted by molar-refractivity contribution is -0.159. The van der Waals surface area contributed by atoms with Gasteiger partial charge in [0.05, 0.1) is 11.6 Å². The van der Waals surface area contributed by atoms with E-state index < -0.39 is 47.5 Å². The Morgan fingerprint density at radius 2 is 1.45 bits per heavy atom. The van der Waals surface area contributed by atoms with Crippen LogP contribution < -0.4 is 4.74 Å². The monoisotopic (exact) mass is 451 g/mol. The Morgan fingerprint density at radius 1 is 0.939 bits per heavy atom. The van der Waals surface area contributed by atoms with Gasteiger partial charge < -0.3 is 14.6 Å². The maximum Gasteiger partial charge on any atom is 0.341 e. The third-order valence-corrected chi connectivity index (χ3v) is 4.66. The molecule has 8 heteroatoms. The van der Waals surface area contributed by atoms with E-state index in [0.717, 1.165) is 0 Å². The van der Waals surface area contributed by atoms with E-state index in [2.05, 4.69) is 0 Å². The van der Waals surface area contributed by atoms with Crippen molar-refractivity contribution in [1.82, 2.24) is 0 Å². The van der Waals surface area contributed by atoms with Crippen molar-refractivity contribution >= 4 is 23.5 Å². The van der Waals surface area contributed by atoms with E-state index in [1.54, 1.807) is 20.8 Å². The van der Waals surface area contributed by atoms with Crippen LogP contribution in [-0.4, -0.2) is 40.8 Å². The van der Waals surface area contributed by atoms with Crippen molar-refractivity contribution in [2.75, 3.05) is 6.61 Å². The number of carboxylic acid groups (broad SMARTS) is 1. The molecular weight excluding hydrogens is 426 g/mol. The molecule has 0 spiro atoms. The van der Waals surface area contributed by atoms with Crippen LogP contribution in [0.4, 0.5) is 0 Å². The normalized spacial score (nSPS) is 12.7. The molecular formula is C25H25NO7. The van der Waals surface area contributed by atoms with Crippen LogP contribution in [0.3, 0.4) is 0 Å². The lowest BCUT2D eigenvalue weighted by atomic mass is 9.82. The van der Waals surface area contributed by atoms with E-state index in [9.17, 15) is 19.2 Å². The first-order chi connectivity index (χ1) is 15.4. The number of esters is 1. The van der Waals surface area contributed by atoms with E-state index in [1.165, 1.54) is 55.5 Å². The number of ether oxygens (including phenoxy) is 2. The molecule has 0 radical (unpaired) electrons. The van der Waals surface area contributed by atoms with Gasteiger partial charge in [-0.05, 0) is 57.2 Å². The molecule has 0 amide bonds. The van der Waals surface area contributed by atoms with Crippen molar-refractivity contribution in [3.05, 3.63) is 65.2 Å². The van der Waals surface area contributed by atoms with E-state index >= 15 is 0 Å². The minimum Gasteiger partial charge on any atom is -0.482 e. The molecule has 2 aromatic carbocycles. The number of hydrogen-bond donors (Lipinski definition) is 1. The van der Waals surface area contributed by atoms with Crippen LogP contribution in [0.2, 0.25) is 0 Å². The minimum absolute atomic E-state index is 0.182. The summed E-state index contributed by atoms with van der Waals surface area (Å²) >= 11 is 0.